The van der Waals surface area contributed by atoms with Gasteiger partial charge in [-0.2, -0.15) is 5.26 Å². The maximum absolute atomic E-state index is 12.7. The summed E-state index contributed by atoms with van der Waals surface area (Å²) in [6, 6.07) is 16.4. The smallest absolute Gasteiger partial charge is 0.261 e. The third kappa shape index (κ3) is 4.29. The highest BCUT2D eigenvalue weighted by molar-refractivity contribution is 6.21. The van der Waals surface area contributed by atoms with Crippen molar-refractivity contribution in [3.63, 3.8) is 0 Å². The summed E-state index contributed by atoms with van der Waals surface area (Å²) in [6.07, 6.45) is 1.63. The summed E-state index contributed by atoms with van der Waals surface area (Å²) in [6.45, 7) is 3.16. The van der Waals surface area contributed by atoms with E-state index in [0.29, 0.717) is 42.6 Å². The van der Waals surface area contributed by atoms with Crippen molar-refractivity contribution in [1.29, 1.82) is 5.26 Å². The number of nitrogens with zero attached hydrogens (tertiary/aromatic N) is 4. The highest BCUT2D eigenvalue weighted by Gasteiger charge is 2.34. The average molecular weight is 416 g/mol. The number of benzene rings is 2. The predicted octanol–water partition coefficient (Wildman–Crippen LogP) is 2.67. The van der Waals surface area contributed by atoms with E-state index in [2.05, 4.69) is 11.0 Å². The van der Waals surface area contributed by atoms with Crippen LogP contribution in [-0.4, -0.2) is 60.2 Å². The van der Waals surface area contributed by atoms with E-state index in [1.807, 2.05) is 29.2 Å². The van der Waals surface area contributed by atoms with E-state index in [1.165, 1.54) is 4.90 Å². The fraction of sp³-hybridized carbons (Fsp3) is 0.333. The lowest BCUT2D eigenvalue weighted by Crippen LogP contribution is -2.36. The summed E-state index contributed by atoms with van der Waals surface area (Å²) in [5.74, 6) is -0.500. The second-order valence-electron chi connectivity index (χ2n) is 7.79. The van der Waals surface area contributed by atoms with Crippen LogP contribution in [0.15, 0.2) is 48.5 Å². The van der Waals surface area contributed by atoms with Crippen molar-refractivity contribution in [2.75, 3.05) is 37.6 Å². The predicted molar refractivity (Wildman–Crippen MR) is 116 cm³/mol. The second-order valence-corrected chi connectivity index (χ2v) is 7.79. The largest absolute Gasteiger partial charge is 0.370 e. The van der Waals surface area contributed by atoms with Crippen molar-refractivity contribution in [3.05, 3.63) is 65.2 Å². The Morgan fingerprint density at radius 1 is 0.903 bits per heavy atom. The molecule has 7 nitrogen and oxygen atoms in total. The van der Waals surface area contributed by atoms with Crippen molar-refractivity contribution in [3.8, 4) is 6.07 Å². The molecule has 0 bridgehead atoms. The van der Waals surface area contributed by atoms with E-state index in [-0.39, 0.29) is 24.3 Å². The summed E-state index contributed by atoms with van der Waals surface area (Å²) >= 11 is 0. The summed E-state index contributed by atoms with van der Waals surface area (Å²) in [4.78, 5) is 42.9. The van der Waals surface area contributed by atoms with Crippen LogP contribution in [0.3, 0.4) is 0 Å². The SMILES string of the molecule is N#Cc1ccc(N2CCCN(C(=O)CCCN3C(=O)c4ccccc4C3=O)CC2)cc1. The number of carbonyl (C=O) groups excluding carboxylic acids is 3. The van der Waals surface area contributed by atoms with Crippen LogP contribution in [-0.2, 0) is 4.79 Å². The van der Waals surface area contributed by atoms with E-state index < -0.39 is 0 Å². The molecule has 4 rings (SSSR count). The maximum Gasteiger partial charge on any atom is 0.261 e. The molecule has 0 N–H and O–H groups in total. The van der Waals surface area contributed by atoms with Crippen LogP contribution in [0.5, 0.6) is 0 Å². The molecule has 2 heterocycles. The summed E-state index contributed by atoms with van der Waals surface area (Å²) < 4.78 is 0. The first-order chi connectivity index (χ1) is 15.1. The molecule has 0 aromatic heterocycles. The molecule has 0 saturated carbocycles. The van der Waals surface area contributed by atoms with Gasteiger partial charge in [-0.05, 0) is 49.2 Å². The molecule has 158 valence electrons. The molecule has 2 aromatic rings. The van der Waals surface area contributed by atoms with Gasteiger partial charge in [0.2, 0.25) is 5.91 Å². The molecule has 0 aliphatic carbocycles. The van der Waals surface area contributed by atoms with Gasteiger partial charge in [-0.15, -0.1) is 0 Å². The third-order valence-electron chi connectivity index (χ3n) is 5.86. The Kier molecular flexibility index (Phi) is 5.99. The zero-order valence-corrected chi connectivity index (χ0v) is 17.3. The first kappa shape index (κ1) is 20.6. The van der Waals surface area contributed by atoms with Crippen molar-refractivity contribution in [2.24, 2.45) is 0 Å². The number of rotatable bonds is 5. The number of fused-ring (bicyclic) bond motifs is 1. The lowest BCUT2D eigenvalue weighted by atomic mass is 10.1. The zero-order chi connectivity index (χ0) is 21.8. The first-order valence-electron chi connectivity index (χ1n) is 10.6. The van der Waals surface area contributed by atoms with Crippen molar-refractivity contribution < 1.29 is 14.4 Å². The van der Waals surface area contributed by atoms with Gasteiger partial charge in [0.15, 0.2) is 0 Å². The van der Waals surface area contributed by atoms with Gasteiger partial charge in [-0.25, -0.2) is 0 Å². The lowest BCUT2D eigenvalue weighted by molar-refractivity contribution is -0.131. The molecule has 31 heavy (non-hydrogen) atoms. The average Bonchev–Trinajstić information content (AvgIpc) is 2.97. The minimum atomic E-state index is -0.277. The van der Waals surface area contributed by atoms with Crippen LogP contribution in [0, 0.1) is 11.3 Å². The van der Waals surface area contributed by atoms with Gasteiger partial charge < -0.3 is 9.80 Å². The molecule has 2 aliphatic heterocycles. The molecule has 0 unspecified atom stereocenters. The number of anilines is 1. The Morgan fingerprint density at radius 2 is 1.58 bits per heavy atom. The van der Waals surface area contributed by atoms with Crippen molar-refractivity contribution in [2.45, 2.75) is 19.3 Å². The Bertz CT molecular complexity index is 1010. The molecule has 0 atom stereocenters. The molecule has 1 saturated heterocycles. The van der Waals surface area contributed by atoms with E-state index >= 15 is 0 Å². The van der Waals surface area contributed by atoms with Crippen LogP contribution in [0.2, 0.25) is 0 Å². The van der Waals surface area contributed by atoms with E-state index in [9.17, 15) is 14.4 Å². The Hall–Kier alpha value is -3.66. The van der Waals surface area contributed by atoms with Gasteiger partial charge in [-0.3, -0.25) is 19.3 Å². The number of carbonyl (C=O) groups is 3. The molecular formula is C24H24N4O3. The van der Waals surface area contributed by atoms with E-state index in [0.717, 1.165) is 25.2 Å². The Morgan fingerprint density at radius 3 is 2.23 bits per heavy atom. The van der Waals surface area contributed by atoms with Gasteiger partial charge in [0.1, 0.15) is 0 Å². The Balaban J connectivity index is 1.27. The maximum atomic E-state index is 12.7. The molecule has 7 heteroatoms. The monoisotopic (exact) mass is 416 g/mol. The minimum Gasteiger partial charge on any atom is -0.370 e. The van der Waals surface area contributed by atoms with Gasteiger partial charge in [0, 0.05) is 44.8 Å². The normalized spacial score (nSPS) is 16.2. The molecule has 1 fully saturated rings. The fourth-order valence-electron chi connectivity index (χ4n) is 4.16. The van der Waals surface area contributed by atoms with Gasteiger partial charge >= 0.3 is 0 Å². The van der Waals surface area contributed by atoms with Crippen LogP contribution in [0.25, 0.3) is 0 Å². The van der Waals surface area contributed by atoms with Crippen molar-refractivity contribution >= 4 is 23.4 Å². The number of amides is 3. The summed E-state index contributed by atoms with van der Waals surface area (Å²) in [5, 5.41) is 8.95. The highest BCUT2D eigenvalue weighted by Crippen LogP contribution is 2.23. The van der Waals surface area contributed by atoms with Crippen LogP contribution in [0.1, 0.15) is 45.5 Å². The summed E-state index contributed by atoms with van der Waals surface area (Å²) in [7, 11) is 0. The van der Waals surface area contributed by atoms with E-state index in [4.69, 9.17) is 5.26 Å². The summed E-state index contributed by atoms with van der Waals surface area (Å²) in [5.41, 5.74) is 2.57. The minimum absolute atomic E-state index is 0.0540. The number of nitriles is 1. The number of imide groups is 1. The Labute approximate surface area is 181 Å². The molecule has 2 aliphatic rings. The van der Waals surface area contributed by atoms with Gasteiger partial charge in [-0.1, -0.05) is 12.1 Å². The van der Waals surface area contributed by atoms with Gasteiger partial charge in [0.05, 0.1) is 22.8 Å². The molecule has 0 radical (unpaired) electrons. The van der Waals surface area contributed by atoms with Gasteiger partial charge in [0.25, 0.3) is 11.8 Å². The fourth-order valence-corrected chi connectivity index (χ4v) is 4.16. The number of hydrogen-bond donors (Lipinski definition) is 0. The standard InChI is InChI=1S/C24H24N4O3/c25-17-18-8-10-19(11-9-18)26-12-4-13-27(16-15-26)22(29)7-3-14-28-23(30)20-5-1-2-6-21(20)24(28)31/h1-2,5-6,8-11H,3-4,7,12-16H2. The molecule has 2 aromatic carbocycles. The second kappa shape index (κ2) is 9.00. The topological polar surface area (TPSA) is 84.7 Å². The molecule has 3 amide bonds. The molecule has 0 spiro atoms. The van der Waals surface area contributed by atoms with E-state index in [1.54, 1.807) is 24.3 Å². The lowest BCUT2D eigenvalue weighted by Gasteiger charge is -2.24. The van der Waals surface area contributed by atoms with Crippen LogP contribution < -0.4 is 4.90 Å². The molecular weight excluding hydrogens is 392 g/mol. The number of hydrogen-bond acceptors (Lipinski definition) is 5. The highest BCUT2D eigenvalue weighted by atomic mass is 16.2. The first-order valence-corrected chi connectivity index (χ1v) is 10.6. The van der Waals surface area contributed by atoms with Crippen molar-refractivity contribution in [1.82, 2.24) is 9.80 Å². The zero-order valence-electron chi connectivity index (χ0n) is 17.3. The third-order valence-corrected chi connectivity index (χ3v) is 5.86. The quantitative estimate of drug-likeness (QED) is 0.700. The van der Waals surface area contributed by atoms with Crippen LogP contribution >= 0.6 is 0 Å². The van der Waals surface area contributed by atoms with Crippen LogP contribution in [0.4, 0.5) is 5.69 Å².